The summed E-state index contributed by atoms with van der Waals surface area (Å²) >= 11 is 3.51. The fourth-order valence-corrected chi connectivity index (χ4v) is 2.89. The molecule has 1 fully saturated rings. The zero-order valence-corrected chi connectivity index (χ0v) is 13.8. The van der Waals surface area contributed by atoms with Crippen molar-refractivity contribution in [3.8, 4) is 11.5 Å². The van der Waals surface area contributed by atoms with Crippen LogP contribution in [0.1, 0.15) is 20.3 Å². The van der Waals surface area contributed by atoms with Crippen LogP contribution in [0.25, 0.3) is 0 Å². The minimum Gasteiger partial charge on any atom is -0.497 e. The van der Waals surface area contributed by atoms with E-state index in [1.807, 2.05) is 25.1 Å². The minimum absolute atomic E-state index is 0.101. The van der Waals surface area contributed by atoms with Crippen molar-refractivity contribution >= 4 is 15.9 Å². The average molecular weight is 344 g/mol. The quantitative estimate of drug-likeness (QED) is 0.826. The van der Waals surface area contributed by atoms with Crippen molar-refractivity contribution in [1.82, 2.24) is 5.32 Å². The molecule has 3 atom stereocenters. The molecule has 112 valence electrons. The molecule has 3 unspecified atom stereocenters. The van der Waals surface area contributed by atoms with E-state index in [9.17, 15) is 0 Å². The first-order valence-electron chi connectivity index (χ1n) is 7.04. The first-order valence-corrected chi connectivity index (χ1v) is 7.84. The van der Waals surface area contributed by atoms with Crippen molar-refractivity contribution in [2.75, 3.05) is 20.3 Å². The number of benzene rings is 1. The van der Waals surface area contributed by atoms with Crippen LogP contribution in [0.15, 0.2) is 22.7 Å². The van der Waals surface area contributed by atoms with Gasteiger partial charge in [-0.2, -0.15) is 0 Å². The molecule has 0 saturated heterocycles. The van der Waals surface area contributed by atoms with Gasteiger partial charge < -0.3 is 19.5 Å². The molecule has 0 amide bonds. The predicted octanol–water partition coefficient (Wildman–Crippen LogP) is 2.99. The van der Waals surface area contributed by atoms with Gasteiger partial charge in [0.25, 0.3) is 0 Å². The van der Waals surface area contributed by atoms with Crippen molar-refractivity contribution < 1.29 is 14.2 Å². The molecule has 1 saturated carbocycles. The maximum Gasteiger partial charge on any atom is 0.134 e. The van der Waals surface area contributed by atoms with E-state index < -0.39 is 0 Å². The van der Waals surface area contributed by atoms with E-state index in [0.717, 1.165) is 28.9 Å². The fraction of sp³-hybridized carbons (Fsp3) is 0.600. The topological polar surface area (TPSA) is 39.7 Å². The first kappa shape index (κ1) is 15.6. The number of nitrogens with one attached hydrogen (secondary N) is 1. The second kappa shape index (κ2) is 7.29. The van der Waals surface area contributed by atoms with Gasteiger partial charge in [-0.15, -0.1) is 0 Å². The van der Waals surface area contributed by atoms with Crippen LogP contribution in [0.5, 0.6) is 11.5 Å². The Morgan fingerprint density at radius 2 is 2.15 bits per heavy atom. The van der Waals surface area contributed by atoms with Crippen LogP contribution in [-0.4, -0.2) is 38.5 Å². The fourth-order valence-electron chi connectivity index (χ4n) is 2.44. The van der Waals surface area contributed by atoms with Gasteiger partial charge in [0, 0.05) is 19.1 Å². The molecule has 0 aliphatic heterocycles. The van der Waals surface area contributed by atoms with Crippen molar-refractivity contribution in [2.45, 2.75) is 38.5 Å². The van der Waals surface area contributed by atoms with Crippen LogP contribution in [0.2, 0.25) is 0 Å². The van der Waals surface area contributed by atoms with E-state index in [-0.39, 0.29) is 12.2 Å². The van der Waals surface area contributed by atoms with Crippen molar-refractivity contribution in [2.24, 2.45) is 0 Å². The highest BCUT2D eigenvalue weighted by Crippen LogP contribution is 2.34. The van der Waals surface area contributed by atoms with Gasteiger partial charge in [-0.05, 0) is 47.6 Å². The summed E-state index contributed by atoms with van der Waals surface area (Å²) in [4.78, 5) is 0. The summed E-state index contributed by atoms with van der Waals surface area (Å²) in [6.45, 7) is 5.78. The number of hydrogen-bond donors (Lipinski definition) is 1. The number of halogens is 1. The van der Waals surface area contributed by atoms with E-state index in [1.54, 1.807) is 7.11 Å². The van der Waals surface area contributed by atoms with E-state index in [1.165, 1.54) is 0 Å². The van der Waals surface area contributed by atoms with Crippen LogP contribution < -0.4 is 14.8 Å². The molecule has 1 aliphatic carbocycles. The zero-order chi connectivity index (χ0) is 14.5. The molecule has 2 rings (SSSR count). The lowest BCUT2D eigenvalue weighted by Gasteiger charge is -2.44. The van der Waals surface area contributed by atoms with E-state index in [0.29, 0.717) is 12.6 Å². The van der Waals surface area contributed by atoms with Gasteiger partial charge >= 0.3 is 0 Å². The van der Waals surface area contributed by atoms with Gasteiger partial charge in [0.15, 0.2) is 0 Å². The lowest BCUT2D eigenvalue weighted by molar-refractivity contribution is -0.104. The highest BCUT2D eigenvalue weighted by Gasteiger charge is 2.43. The zero-order valence-electron chi connectivity index (χ0n) is 12.2. The van der Waals surface area contributed by atoms with Crippen LogP contribution in [0.3, 0.4) is 0 Å². The molecule has 0 bridgehead atoms. The highest BCUT2D eigenvalue weighted by molar-refractivity contribution is 9.10. The van der Waals surface area contributed by atoms with Gasteiger partial charge in [0.2, 0.25) is 0 Å². The molecule has 0 aromatic heterocycles. The van der Waals surface area contributed by atoms with Gasteiger partial charge in [-0.1, -0.05) is 6.92 Å². The van der Waals surface area contributed by atoms with E-state index >= 15 is 0 Å². The van der Waals surface area contributed by atoms with Gasteiger partial charge in [0.05, 0.1) is 11.6 Å². The van der Waals surface area contributed by atoms with E-state index in [4.69, 9.17) is 14.2 Å². The lowest BCUT2D eigenvalue weighted by Crippen LogP contribution is -2.61. The summed E-state index contributed by atoms with van der Waals surface area (Å²) in [6, 6.07) is 6.12. The molecular weight excluding hydrogens is 322 g/mol. The number of likely N-dealkylation sites (N-methyl/N-ethyl adjacent to an activating group) is 1. The predicted molar refractivity (Wildman–Crippen MR) is 82.6 cm³/mol. The second-order valence-electron chi connectivity index (χ2n) is 4.77. The molecule has 5 heteroatoms. The molecule has 0 radical (unpaired) electrons. The molecule has 1 N–H and O–H groups in total. The summed E-state index contributed by atoms with van der Waals surface area (Å²) in [7, 11) is 1.65. The number of methoxy groups -OCH3 is 1. The second-order valence-corrected chi connectivity index (χ2v) is 5.63. The van der Waals surface area contributed by atoms with Crippen molar-refractivity contribution in [3.63, 3.8) is 0 Å². The Kier molecular flexibility index (Phi) is 5.69. The standard InChI is InChI=1S/C15H22BrNO3/c1-4-17-12-9-14(15(12)19-5-2)20-13-7-6-10(18-3)8-11(13)16/h6-8,12,14-15,17H,4-5,9H2,1-3H3. The Labute approximate surface area is 128 Å². The Balaban J connectivity index is 1.99. The van der Waals surface area contributed by atoms with Crippen LogP contribution in [-0.2, 0) is 4.74 Å². The maximum absolute atomic E-state index is 6.05. The Bertz CT molecular complexity index is 441. The molecule has 20 heavy (non-hydrogen) atoms. The summed E-state index contributed by atoms with van der Waals surface area (Å²) in [5.41, 5.74) is 0. The molecule has 4 nitrogen and oxygen atoms in total. The van der Waals surface area contributed by atoms with Crippen LogP contribution >= 0.6 is 15.9 Å². The molecule has 0 spiro atoms. The highest BCUT2D eigenvalue weighted by atomic mass is 79.9. The maximum atomic E-state index is 6.05. The molecule has 1 aromatic carbocycles. The summed E-state index contributed by atoms with van der Waals surface area (Å²) in [5, 5.41) is 3.43. The largest absolute Gasteiger partial charge is 0.497 e. The summed E-state index contributed by atoms with van der Waals surface area (Å²) in [6.07, 6.45) is 1.19. The number of ether oxygens (including phenoxy) is 3. The van der Waals surface area contributed by atoms with Crippen LogP contribution in [0, 0.1) is 0 Å². The van der Waals surface area contributed by atoms with Gasteiger partial charge in [-0.25, -0.2) is 0 Å². The third-order valence-electron chi connectivity index (χ3n) is 3.49. The minimum atomic E-state index is 0.101. The molecular formula is C15H22BrNO3. The molecule has 1 aliphatic rings. The third kappa shape index (κ3) is 3.45. The lowest BCUT2D eigenvalue weighted by atomic mass is 9.85. The Morgan fingerprint density at radius 3 is 2.75 bits per heavy atom. The Morgan fingerprint density at radius 1 is 1.35 bits per heavy atom. The first-order chi connectivity index (χ1) is 9.69. The smallest absolute Gasteiger partial charge is 0.134 e. The van der Waals surface area contributed by atoms with Crippen molar-refractivity contribution in [3.05, 3.63) is 22.7 Å². The van der Waals surface area contributed by atoms with Gasteiger partial charge in [-0.3, -0.25) is 0 Å². The van der Waals surface area contributed by atoms with Gasteiger partial charge in [0.1, 0.15) is 23.7 Å². The van der Waals surface area contributed by atoms with Crippen molar-refractivity contribution in [1.29, 1.82) is 0 Å². The number of rotatable bonds is 7. The average Bonchev–Trinajstić information content (AvgIpc) is 2.45. The van der Waals surface area contributed by atoms with Crippen LogP contribution in [0.4, 0.5) is 0 Å². The monoisotopic (exact) mass is 343 g/mol. The SMILES string of the molecule is CCNC1CC(Oc2ccc(OC)cc2Br)C1OCC. The normalized spacial score (nSPS) is 25.1. The third-order valence-corrected chi connectivity index (χ3v) is 4.11. The van der Waals surface area contributed by atoms with E-state index in [2.05, 4.69) is 28.2 Å². The Hall–Kier alpha value is -0.780. The summed E-state index contributed by atoms with van der Waals surface area (Å²) in [5.74, 6) is 1.64. The molecule has 0 heterocycles. The summed E-state index contributed by atoms with van der Waals surface area (Å²) < 4.78 is 17.9. The number of hydrogen-bond acceptors (Lipinski definition) is 4. The molecule has 1 aromatic rings.